The maximum absolute atomic E-state index is 10.5. The second-order valence-electron chi connectivity index (χ2n) is 1.24. The van der Waals surface area contributed by atoms with Crippen LogP contribution in [0.5, 0.6) is 0 Å². The molecule has 12 heteroatoms. The second-order valence-corrected chi connectivity index (χ2v) is 2.27. The van der Waals surface area contributed by atoms with Gasteiger partial charge >= 0.3 is 38.6 Å². The fraction of sp³-hybridized carbons (Fsp3) is 0. The summed E-state index contributed by atoms with van der Waals surface area (Å²) in [5.74, 6) is -4.04. The Balaban J connectivity index is -0.000000177. The number of hydrogen-bond acceptors (Lipinski definition) is 5. The van der Waals surface area contributed by atoms with Crippen LogP contribution >= 0.6 is 7.82 Å². The quantitative estimate of drug-likeness (QED) is 0.255. The molecule has 0 radical (unpaired) electrons. The van der Waals surface area contributed by atoms with E-state index in [2.05, 4.69) is 9.88 Å². The molecular formula is C2H4F2LiO8P. The molecule has 0 aliphatic heterocycles. The van der Waals surface area contributed by atoms with Crippen molar-refractivity contribution < 1.29 is 47.8 Å². The number of hydrogen-bond donors (Lipinski definition) is 3. The molecular weight excluding hydrogens is 228 g/mol. The van der Waals surface area contributed by atoms with Crippen molar-refractivity contribution in [3.05, 3.63) is 0 Å². The van der Waals surface area contributed by atoms with E-state index in [9.17, 15) is 18.6 Å². The average Bonchev–Trinajstić information content (AvgIpc) is 1.98. The molecule has 0 aliphatic rings. The second kappa shape index (κ2) is 9.08. The van der Waals surface area contributed by atoms with Gasteiger partial charge in [0.05, 0.1) is 0 Å². The van der Waals surface area contributed by atoms with E-state index in [1.807, 2.05) is 0 Å². The SMILES string of the molecule is O=C(OF)C(=O)OF.O=P(O)(O)O.[LiH]. The van der Waals surface area contributed by atoms with E-state index in [0.29, 0.717) is 0 Å². The van der Waals surface area contributed by atoms with Crippen molar-refractivity contribution in [2.24, 2.45) is 0 Å². The molecule has 0 aliphatic carbocycles. The predicted molar refractivity (Wildman–Crippen MR) is 35.8 cm³/mol. The first-order chi connectivity index (χ1) is 5.72. The Morgan fingerprint density at radius 2 is 1.14 bits per heavy atom. The van der Waals surface area contributed by atoms with Gasteiger partial charge in [-0.15, -0.1) is 0 Å². The van der Waals surface area contributed by atoms with Crippen molar-refractivity contribution in [3.8, 4) is 0 Å². The third-order valence-electron chi connectivity index (χ3n) is 0.307. The Morgan fingerprint density at radius 3 is 1.21 bits per heavy atom. The van der Waals surface area contributed by atoms with Gasteiger partial charge < -0.3 is 14.7 Å². The van der Waals surface area contributed by atoms with Crippen molar-refractivity contribution in [1.29, 1.82) is 0 Å². The van der Waals surface area contributed by atoms with Crippen LogP contribution in [0, 0.1) is 0 Å². The van der Waals surface area contributed by atoms with Gasteiger partial charge in [0.15, 0.2) is 0 Å². The van der Waals surface area contributed by atoms with Crippen LogP contribution in [-0.2, 0) is 24.0 Å². The van der Waals surface area contributed by atoms with Gasteiger partial charge in [-0.3, -0.25) is 0 Å². The number of halogens is 2. The molecule has 0 atom stereocenters. The van der Waals surface area contributed by atoms with Crippen LogP contribution < -0.4 is 0 Å². The first-order valence-electron chi connectivity index (χ1n) is 2.16. The van der Waals surface area contributed by atoms with E-state index in [0.717, 1.165) is 0 Å². The van der Waals surface area contributed by atoms with Crippen LogP contribution in [0.25, 0.3) is 0 Å². The topological polar surface area (TPSA) is 130 Å². The van der Waals surface area contributed by atoms with E-state index < -0.39 is 19.8 Å². The molecule has 0 unspecified atom stereocenters. The molecule has 3 N–H and O–H groups in total. The number of carbonyl (C=O) groups excluding carboxylic acids is 2. The van der Waals surface area contributed by atoms with Gasteiger partial charge in [-0.2, -0.15) is 0 Å². The van der Waals surface area contributed by atoms with Crippen LogP contribution in [-0.4, -0.2) is 45.5 Å². The minimum atomic E-state index is -4.64. The fourth-order valence-corrected chi connectivity index (χ4v) is 0.0630. The zero-order chi connectivity index (χ0) is 11.1. The Labute approximate surface area is 87.0 Å². The maximum atomic E-state index is 10.5. The normalized spacial score (nSPS) is 8.64. The summed E-state index contributed by atoms with van der Waals surface area (Å²) in [5, 5.41) is 0. The van der Waals surface area contributed by atoms with Gasteiger partial charge in [0, 0.05) is 9.05 Å². The van der Waals surface area contributed by atoms with Crippen LogP contribution in [0.3, 0.4) is 0 Å². The number of rotatable bonds is 0. The van der Waals surface area contributed by atoms with Gasteiger partial charge in [-0.05, 0) is 0 Å². The number of phosphoric acid groups is 1. The summed E-state index contributed by atoms with van der Waals surface area (Å²) in [6.45, 7) is 0. The standard InChI is InChI=1S/C2F2O4.Li.H3O4P.H/c3-7-1(5)2(6)8-4;;1-5(2,3)4;/h;;(H3,1,2,3,4);. The Morgan fingerprint density at radius 1 is 1.00 bits per heavy atom. The van der Waals surface area contributed by atoms with Gasteiger partial charge in [-0.1, -0.05) is 0 Å². The third-order valence-corrected chi connectivity index (χ3v) is 0.307. The Bertz CT molecular complexity index is 203. The molecule has 80 valence electrons. The summed E-state index contributed by atoms with van der Waals surface area (Å²) in [6, 6.07) is 0. The number of carbonyl (C=O) groups is 2. The predicted octanol–water partition coefficient (Wildman–Crippen LogP) is -1.74. The molecule has 0 heterocycles. The molecule has 0 rings (SSSR count). The first-order valence-corrected chi connectivity index (χ1v) is 3.72. The summed E-state index contributed by atoms with van der Waals surface area (Å²) in [5.41, 5.74) is 0. The van der Waals surface area contributed by atoms with E-state index in [4.69, 9.17) is 19.2 Å². The first kappa shape index (κ1) is 19.1. The molecule has 0 aromatic heterocycles. The molecule has 0 saturated heterocycles. The summed E-state index contributed by atoms with van der Waals surface area (Å²) in [7, 11) is -4.64. The van der Waals surface area contributed by atoms with Crippen molar-refractivity contribution in [2.75, 3.05) is 0 Å². The molecule has 0 bridgehead atoms. The zero-order valence-corrected chi connectivity index (χ0v) is 6.48. The molecule has 8 nitrogen and oxygen atoms in total. The van der Waals surface area contributed by atoms with Crippen molar-refractivity contribution >= 4 is 38.6 Å². The van der Waals surface area contributed by atoms with Crippen LogP contribution in [0.2, 0.25) is 0 Å². The fourth-order valence-electron chi connectivity index (χ4n) is 0.0630. The molecule has 0 aromatic rings. The van der Waals surface area contributed by atoms with Crippen LogP contribution in [0.4, 0.5) is 9.05 Å². The summed E-state index contributed by atoms with van der Waals surface area (Å²) in [6.07, 6.45) is 0. The van der Waals surface area contributed by atoms with Crippen molar-refractivity contribution in [1.82, 2.24) is 0 Å². The molecule has 0 aromatic carbocycles. The molecule has 14 heavy (non-hydrogen) atoms. The van der Waals surface area contributed by atoms with E-state index >= 15 is 0 Å². The summed E-state index contributed by atoms with van der Waals surface area (Å²) in [4.78, 5) is 44.9. The third kappa shape index (κ3) is 22.5. The van der Waals surface area contributed by atoms with Crippen LogP contribution in [0.15, 0.2) is 0 Å². The average molecular weight is 232 g/mol. The van der Waals surface area contributed by atoms with Gasteiger partial charge in [-0.25, -0.2) is 24.0 Å². The van der Waals surface area contributed by atoms with E-state index in [-0.39, 0.29) is 18.9 Å². The van der Waals surface area contributed by atoms with Gasteiger partial charge in [0.1, 0.15) is 0 Å². The monoisotopic (exact) mass is 232 g/mol. The summed E-state index contributed by atoms with van der Waals surface area (Å²) < 4.78 is 29.9. The van der Waals surface area contributed by atoms with Crippen LogP contribution in [0.1, 0.15) is 0 Å². The summed E-state index contributed by atoms with van der Waals surface area (Å²) >= 11 is 0. The van der Waals surface area contributed by atoms with Gasteiger partial charge in [0.25, 0.3) is 0 Å². The Hall–Kier alpha value is -0.493. The molecule has 0 spiro atoms. The van der Waals surface area contributed by atoms with Crippen molar-refractivity contribution in [2.45, 2.75) is 0 Å². The zero-order valence-electron chi connectivity index (χ0n) is 5.59. The Kier molecular flexibility index (Phi) is 12.4. The van der Waals surface area contributed by atoms with E-state index in [1.54, 1.807) is 0 Å². The molecule has 0 amide bonds. The molecule has 0 fully saturated rings. The molecule has 0 saturated carbocycles. The van der Waals surface area contributed by atoms with Gasteiger partial charge in [0.2, 0.25) is 0 Å². The van der Waals surface area contributed by atoms with Crippen molar-refractivity contribution in [3.63, 3.8) is 0 Å². The van der Waals surface area contributed by atoms with E-state index in [1.165, 1.54) is 0 Å². The minimum absolute atomic E-state index is 0.